The van der Waals surface area contributed by atoms with E-state index < -0.39 is 17.9 Å². The molecule has 5 nitrogen and oxygen atoms in total. The molecule has 0 fully saturated rings. The Bertz CT molecular complexity index is 479. The molecule has 0 aromatic heterocycles. The van der Waals surface area contributed by atoms with Gasteiger partial charge in [-0.25, -0.2) is 14.8 Å². The molecule has 0 radical (unpaired) electrons. The monoisotopic (exact) mass is 261 g/mol. The number of ether oxygens (including phenoxy) is 1. The van der Waals surface area contributed by atoms with Crippen molar-refractivity contribution in [3.63, 3.8) is 0 Å². The number of alkyl halides is 3. The van der Waals surface area contributed by atoms with E-state index in [-0.39, 0.29) is 17.9 Å². The number of aliphatic imine (C=N–C) groups is 1. The van der Waals surface area contributed by atoms with Gasteiger partial charge in [-0.05, 0) is 6.08 Å². The molecule has 8 heteroatoms. The SMILES string of the molecule is COC(=O)C1=C2N=C(C(F)(F)F)C=CN2N(C)C1. The van der Waals surface area contributed by atoms with Gasteiger partial charge in [0.2, 0.25) is 0 Å². The predicted molar refractivity (Wildman–Crippen MR) is 56.1 cm³/mol. The third-order valence-corrected chi connectivity index (χ3v) is 2.56. The van der Waals surface area contributed by atoms with Crippen LogP contribution in [0.5, 0.6) is 0 Å². The molecule has 0 unspecified atom stereocenters. The number of hydrogen-bond donors (Lipinski definition) is 0. The molecule has 18 heavy (non-hydrogen) atoms. The Morgan fingerprint density at radius 3 is 2.72 bits per heavy atom. The van der Waals surface area contributed by atoms with Crippen LogP contribution in [0.1, 0.15) is 0 Å². The van der Waals surface area contributed by atoms with Crippen molar-refractivity contribution in [3.8, 4) is 0 Å². The molecule has 0 atom stereocenters. The van der Waals surface area contributed by atoms with Crippen molar-refractivity contribution in [1.29, 1.82) is 0 Å². The van der Waals surface area contributed by atoms with Gasteiger partial charge in [-0.1, -0.05) is 0 Å². The van der Waals surface area contributed by atoms with E-state index in [0.29, 0.717) is 0 Å². The minimum Gasteiger partial charge on any atom is -0.466 e. The lowest BCUT2D eigenvalue weighted by atomic mass is 10.2. The lowest BCUT2D eigenvalue weighted by Crippen LogP contribution is -2.33. The number of hydrogen-bond acceptors (Lipinski definition) is 5. The van der Waals surface area contributed by atoms with Gasteiger partial charge in [0.25, 0.3) is 0 Å². The van der Waals surface area contributed by atoms with E-state index in [1.54, 1.807) is 12.1 Å². The van der Waals surface area contributed by atoms with E-state index >= 15 is 0 Å². The van der Waals surface area contributed by atoms with E-state index in [1.165, 1.54) is 18.3 Å². The van der Waals surface area contributed by atoms with Gasteiger partial charge in [0, 0.05) is 13.2 Å². The molecule has 0 saturated heterocycles. The molecule has 0 saturated carbocycles. The summed E-state index contributed by atoms with van der Waals surface area (Å²) in [7, 11) is 2.81. The Labute approximate surface area is 101 Å². The van der Waals surface area contributed by atoms with Gasteiger partial charge in [0.1, 0.15) is 5.71 Å². The molecule has 0 aromatic rings. The van der Waals surface area contributed by atoms with Crippen LogP contribution in [0.4, 0.5) is 13.2 Å². The van der Waals surface area contributed by atoms with Gasteiger partial charge in [0.15, 0.2) is 5.82 Å². The van der Waals surface area contributed by atoms with Gasteiger partial charge in [0.05, 0.1) is 19.2 Å². The molecule has 0 amide bonds. The summed E-state index contributed by atoms with van der Waals surface area (Å²) in [5.41, 5.74) is -0.934. The first-order valence-electron chi connectivity index (χ1n) is 5.00. The highest BCUT2D eigenvalue weighted by Gasteiger charge is 2.39. The van der Waals surface area contributed by atoms with Crippen LogP contribution in [0.15, 0.2) is 28.7 Å². The van der Waals surface area contributed by atoms with Crippen molar-refractivity contribution in [3.05, 3.63) is 23.7 Å². The first-order valence-corrected chi connectivity index (χ1v) is 5.00. The number of esters is 1. The van der Waals surface area contributed by atoms with Crippen LogP contribution < -0.4 is 0 Å². The Balaban J connectivity index is 2.45. The molecule has 2 aliphatic heterocycles. The van der Waals surface area contributed by atoms with Crippen LogP contribution in [0.25, 0.3) is 0 Å². The van der Waals surface area contributed by atoms with Crippen molar-refractivity contribution >= 4 is 11.7 Å². The van der Waals surface area contributed by atoms with Gasteiger partial charge >= 0.3 is 12.1 Å². The number of fused-ring (bicyclic) bond motifs is 1. The second-order valence-corrected chi connectivity index (χ2v) is 3.76. The Morgan fingerprint density at radius 2 is 2.17 bits per heavy atom. The maximum Gasteiger partial charge on any atom is 0.433 e. The molecule has 98 valence electrons. The summed E-state index contributed by atoms with van der Waals surface area (Å²) in [6.45, 7) is 0.154. The van der Waals surface area contributed by atoms with E-state index in [0.717, 1.165) is 6.08 Å². The van der Waals surface area contributed by atoms with E-state index in [1.807, 2.05) is 0 Å². The lowest BCUT2D eigenvalue weighted by Gasteiger charge is -2.26. The van der Waals surface area contributed by atoms with Crippen LogP contribution in [-0.2, 0) is 9.53 Å². The van der Waals surface area contributed by atoms with Gasteiger partial charge in [-0.3, -0.25) is 5.01 Å². The van der Waals surface area contributed by atoms with Crippen molar-refractivity contribution in [2.75, 3.05) is 20.7 Å². The maximum absolute atomic E-state index is 12.6. The molecule has 0 bridgehead atoms. The third kappa shape index (κ3) is 1.99. The highest BCUT2D eigenvalue weighted by atomic mass is 19.4. The average molecular weight is 261 g/mol. The van der Waals surface area contributed by atoms with Crippen LogP contribution in [0, 0.1) is 0 Å². The smallest absolute Gasteiger partial charge is 0.433 e. The summed E-state index contributed by atoms with van der Waals surface area (Å²) in [5, 5.41) is 2.94. The number of nitrogens with zero attached hydrogens (tertiary/aromatic N) is 3. The zero-order valence-electron chi connectivity index (χ0n) is 9.65. The fourth-order valence-electron chi connectivity index (χ4n) is 1.71. The largest absolute Gasteiger partial charge is 0.466 e. The van der Waals surface area contributed by atoms with Crippen molar-refractivity contribution in [1.82, 2.24) is 10.0 Å². The number of rotatable bonds is 1. The summed E-state index contributed by atoms with van der Waals surface area (Å²) < 4.78 is 42.2. The molecule has 0 N–H and O–H groups in total. The topological polar surface area (TPSA) is 45.1 Å². The zero-order chi connectivity index (χ0) is 13.5. The molecule has 2 aliphatic rings. The van der Waals surface area contributed by atoms with Gasteiger partial charge in [-0.15, -0.1) is 0 Å². The maximum atomic E-state index is 12.6. The summed E-state index contributed by atoms with van der Waals surface area (Å²) in [6, 6.07) is 0. The van der Waals surface area contributed by atoms with Gasteiger partial charge in [-0.2, -0.15) is 13.2 Å². The molecule has 0 aliphatic carbocycles. The van der Waals surface area contributed by atoms with Gasteiger partial charge < -0.3 is 4.74 Å². The van der Waals surface area contributed by atoms with Crippen molar-refractivity contribution in [2.24, 2.45) is 4.99 Å². The van der Waals surface area contributed by atoms with E-state index in [2.05, 4.69) is 9.73 Å². The fraction of sp³-hybridized carbons (Fsp3) is 0.400. The Kier molecular flexibility index (Phi) is 2.89. The van der Waals surface area contributed by atoms with Crippen molar-refractivity contribution in [2.45, 2.75) is 6.18 Å². The van der Waals surface area contributed by atoms with E-state index in [9.17, 15) is 18.0 Å². The highest BCUT2D eigenvalue weighted by molar-refractivity contribution is 6.01. The zero-order valence-corrected chi connectivity index (χ0v) is 9.65. The summed E-state index contributed by atoms with van der Waals surface area (Å²) in [6.07, 6.45) is -2.46. The quantitative estimate of drug-likeness (QED) is 0.662. The first kappa shape index (κ1) is 12.6. The summed E-state index contributed by atoms with van der Waals surface area (Å²) in [5.74, 6) is -0.723. The fourth-order valence-corrected chi connectivity index (χ4v) is 1.71. The van der Waals surface area contributed by atoms with Crippen LogP contribution in [-0.4, -0.2) is 48.6 Å². The normalized spacial score (nSPS) is 20.1. The number of carbonyl (C=O) groups is 1. The number of likely N-dealkylation sites (N-methyl/N-ethyl adjacent to an activating group) is 1. The molecule has 0 aromatic carbocycles. The molecule has 2 heterocycles. The van der Waals surface area contributed by atoms with Crippen LogP contribution in [0.3, 0.4) is 0 Å². The summed E-state index contributed by atoms with van der Waals surface area (Å²) >= 11 is 0. The number of hydrazine groups is 1. The first-order chi connectivity index (χ1) is 8.34. The minimum atomic E-state index is -4.54. The molecular weight excluding hydrogens is 251 g/mol. The highest BCUT2D eigenvalue weighted by Crippen LogP contribution is 2.30. The lowest BCUT2D eigenvalue weighted by molar-refractivity contribution is -0.136. The predicted octanol–water partition coefficient (Wildman–Crippen LogP) is 1.06. The number of allylic oxidation sites excluding steroid dienone is 1. The Morgan fingerprint density at radius 1 is 1.50 bits per heavy atom. The van der Waals surface area contributed by atoms with Crippen LogP contribution >= 0.6 is 0 Å². The van der Waals surface area contributed by atoms with Crippen molar-refractivity contribution < 1.29 is 22.7 Å². The number of methoxy groups -OCH3 is 1. The summed E-state index contributed by atoms with van der Waals surface area (Å²) in [4.78, 5) is 14.9. The Hall–Kier alpha value is -1.83. The third-order valence-electron chi connectivity index (χ3n) is 2.56. The number of halogens is 3. The molecular formula is C10H10F3N3O2. The standard InChI is InChI=1S/C10H10F3N3O2/c1-15-5-6(9(17)18-2)8-14-7(10(11,12)13)3-4-16(8)15/h3-4H,5H2,1-2H3. The van der Waals surface area contributed by atoms with E-state index in [4.69, 9.17) is 0 Å². The minimum absolute atomic E-state index is 0.0424. The second-order valence-electron chi connectivity index (χ2n) is 3.76. The second kappa shape index (κ2) is 4.13. The average Bonchev–Trinajstić information content (AvgIpc) is 2.64. The molecule has 2 rings (SSSR count). The number of carbonyl (C=O) groups excluding carboxylic acids is 1. The van der Waals surface area contributed by atoms with Crippen LogP contribution in [0.2, 0.25) is 0 Å². The molecule has 0 spiro atoms.